The minimum absolute atomic E-state index is 0.240. The van der Waals surface area contributed by atoms with E-state index in [0.717, 1.165) is 22.3 Å². The van der Waals surface area contributed by atoms with Crippen molar-refractivity contribution in [3.05, 3.63) is 47.5 Å². The van der Waals surface area contributed by atoms with Gasteiger partial charge in [-0.05, 0) is 37.6 Å². The lowest BCUT2D eigenvalue weighted by atomic mass is 10.0. The second kappa shape index (κ2) is 3.59. The zero-order valence-electron chi connectivity index (χ0n) is 10.1. The molecule has 0 amide bonds. The Morgan fingerprint density at radius 3 is 2.33 bits per heavy atom. The van der Waals surface area contributed by atoms with Crippen LogP contribution in [0.15, 0.2) is 41.3 Å². The van der Waals surface area contributed by atoms with Gasteiger partial charge in [0.05, 0.1) is 0 Å². The van der Waals surface area contributed by atoms with E-state index in [9.17, 15) is 8.42 Å². The van der Waals surface area contributed by atoms with Gasteiger partial charge in [-0.1, -0.05) is 23.8 Å². The average molecular weight is 260 g/mol. The second-order valence-corrected chi connectivity index (χ2v) is 6.05. The fourth-order valence-electron chi connectivity index (χ4n) is 2.16. The third-order valence-corrected chi connectivity index (χ3v) is 4.32. The summed E-state index contributed by atoms with van der Waals surface area (Å²) in [5, 5.41) is 0. The summed E-state index contributed by atoms with van der Waals surface area (Å²) >= 11 is 0. The van der Waals surface area contributed by atoms with E-state index >= 15 is 0 Å². The van der Waals surface area contributed by atoms with Crippen molar-refractivity contribution in [2.75, 3.05) is 0 Å². The number of rotatable bonds is 0. The van der Waals surface area contributed by atoms with Gasteiger partial charge < -0.3 is 4.18 Å². The van der Waals surface area contributed by atoms with E-state index in [-0.39, 0.29) is 4.90 Å². The first-order chi connectivity index (χ1) is 8.47. The predicted octanol–water partition coefficient (Wildman–Crippen LogP) is 3.05. The Balaban J connectivity index is 2.40. The van der Waals surface area contributed by atoms with Crippen molar-refractivity contribution in [3.8, 4) is 16.9 Å². The molecule has 4 heteroatoms. The van der Waals surface area contributed by atoms with Crippen LogP contribution in [-0.4, -0.2) is 8.42 Å². The maximum Gasteiger partial charge on any atom is 0.339 e. The Hall–Kier alpha value is -1.81. The molecule has 2 aromatic carbocycles. The number of hydrogen-bond donors (Lipinski definition) is 0. The highest BCUT2D eigenvalue weighted by molar-refractivity contribution is 7.87. The molecule has 1 heterocycles. The van der Waals surface area contributed by atoms with Crippen LogP contribution in [0.1, 0.15) is 11.1 Å². The lowest BCUT2D eigenvalue weighted by Gasteiger charge is -2.20. The van der Waals surface area contributed by atoms with E-state index < -0.39 is 10.1 Å². The van der Waals surface area contributed by atoms with Gasteiger partial charge in [-0.2, -0.15) is 8.42 Å². The van der Waals surface area contributed by atoms with Crippen LogP contribution in [0.4, 0.5) is 0 Å². The lowest BCUT2D eigenvalue weighted by Crippen LogP contribution is -2.16. The van der Waals surface area contributed by atoms with E-state index in [1.54, 1.807) is 18.2 Å². The number of fused-ring (bicyclic) bond motifs is 3. The van der Waals surface area contributed by atoms with E-state index in [4.69, 9.17) is 4.18 Å². The maximum absolute atomic E-state index is 12.0. The summed E-state index contributed by atoms with van der Waals surface area (Å²) in [5.41, 5.74) is 3.54. The molecule has 0 radical (unpaired) electrons. The molecule has 0 N–H and O–H groups in total. The quantitative estimate of drug-likeness (QED) is 0.684. The topological polar surface area (TPSA) is 43.4 Å². The molecule has 0 fully saturated rings. The van der Waals surface area contributed by atoms with Crippen molar-refractivity contribution < 1.29 is 12.6 Å². The minimum Gasteiger partial charge on any atom is -0.378 e. The van der Waals surface area contributed by atoms with Crippen LogP contribution in [0, 0.1) is 13.8 Å². The van der Waals surface area contributed by atoms with Crippen LogP contribution < -0.4 is 4.18 Å². The van der Waals surface area contributed by atoms with Gasteiger partial charge in [0.25, 0.3) is 0 Å². The van der Waals surface area contributed by atoms with Crippen LogP contribution in [0.25, 0.3) is 11.1 Å². The van der Waals surface area contributed by atoms with Gasteiger partial charge >= 0.3 is 10.1 Å². The van der Waals surface area contributed by atoms with Crippen molar-refractivity contribution in [1.29, 1.82) is 0 Å². The van der Waals surface area contributed by atoms with Crippen molar-refractivity contribution in [1.82, 2.24) is 0 Å². The highest BCUT2D eigenvalue weighted by atomic mass is 32.2. The average Bonchev–Trinajstić information content (AvgIpc) is 2.27. The van der Waals surface area contributed by atoms with E-state index in [0.29, 0.717) is 5.75 Å². The molecule has 18 heavy (non-hydrogen) atoms. The molecule has 0 saturated carbocycles. The molecule has 1 aliphatic heterocycles. The summed E-state index contributed by atoms with van der Waals surface area (Å²) in [6.45, 7) is 3.85. The molecule has 0 bridgehead atoms. The molecule has 0 unspecified atom stereocenters. The number of benzene rings is 2. The molecule has 92 valence electrons. The van der Waals surface area contributed by atoms with Gasteiger partial charge in [0.15, 0.2) is 5.75 Å². The van der Waals surface area contributed by atoms with Gasteiger partial charge in [-0.15, -0.1) is 0 Å². The van der Waals surface area contributed by atoms with Crippen molar-refractivity contribution >= 4 is 10.1 Å². The molecule has 1 aliphatic rings. The Labute approximate surface area is 106 Å². The number of aryl methyl sites for hydroxylation is 2. The molecule has 0 spiro atoms. The van der Waals surface area contributed by atoms with Gasteiger partial charge in [-0.3, -0.25) is 0 Å². The van der Waals surface area contributed by atoms with Crippen LogP contribution in [-0.2, 0) is 10.1 Å². The van der Waals surface area contributed by atoms with Crippen LogP contribution in [0.3, 0.4) is 0 Å². The summed E-state index contributed by atoms with van der Waals surface area (Å²) < 4.78 is 29.2. The van der Waals surface area contributed by atoms with E-state index in [2.05, 4.69) is 0 Å². The van der Waals surface area contributed by atoms with Crippen molar-refractivity contribution in [2.24, 2.45) is 0 Å². The standard InChI is InChI=1S/C14H12O3S/c1-9-4-6-14-12(7-9)11-5-3-10(2)8-13(11)17-18(14,15)16/h3-8H,1-2H3. The molecule has 0 aromatic heterocycles. The molecule has 0 saturated heterocycles. The third-order valence-electron chi connectivity index (χ3n) is 3.03. The zero-order chi connectivity index (χ0) is 12.9. The van der Waals surface area contributed by atoms with Crippen LogP contribution >= 0.6 is 0 Å². The predicted molar refractivity (Wildman–Crippen MR) is 69.2 cm³/mol. The molecular weight excluding hydrogens is 248 g/mol. The van der Waals surface area contributed by atoms with Crippen molar-refractivity contribution in [3.63, 3.8) is 0 Å². The van der Waals surface area contributed by atoms with E-state index in [1.807, 2.05) is 32.0 Å². The first-order valence-electron chi connectivity index (χ1n) is 5.63. The lowest BCUT2D eigenvalue weighted by molar-refractivity contribution is 0.483. The molecular formula is C14H12O3S. The maximum atomic E-state index is 12.0. The fourth-order valence-corrected chi connectivity index (χ4v) is 3.29. The van der Waals surface area contributed by atoms with E-state index in [1.165, 1.54) is 0 Å². The van der Waals surface area contributed by atoms with Crippen LogP contribution in [0.2, 0.25) is 0 Å². The van der Waals surface area contributed by atoms with Gasteiger partial charge in [0.1, 0.15) is 4.90 Å². The van der Waals surface area contributed by atoms with Gasteiger partial charge in [0, 0.05) is 11.1 Å². The monoisotopic (exact) mass is 260 g/mol. The SMILES string of the molecule is Cc1ccc2c(c1)OS(=O)(=O)c1ccc(C)cc1-2. The van der Waals surface area contributed by atoms with Crippen LogP contribution in [0.5, 0.6) is 5.75 Å². The number of hydrogen-bond acceptors (Lipinski definition) is 3. The highest BCUT2D eigenvalue weighted by Gasteiger charge is 2.29. The Morgan fingerprint density at radius 2 is 1.56 bits per heavy atom. The minimum atomic E-state index is -3.69. The summed E-state index contributed by atoms with van der Waals surface area (Å²) in [6.07, 6.45) is 0. The Morgan fingerprint density at radius 1 is 0.889 bits per heavy atom. The summed E-state index contributed by atoms with van der Waals surface area (Å²) in [6, 6.07) is 10.9. The molecule has 3 rings (SSSR count). The van der Waals surface area contributed by atoms with Crippen molar-refractivity contribution in [2.45, 2.75) is 18.7 Å². The molecule has 3 nitrogen and oxygen atoms in total. The Kier molecular flexibility index (Phi) is 2.25. The van der Waals surface area contributed by atoms with Gasteiger partial charge in [0.2, 0.25) is 0 Å². The normalized spacial score (nSPS) is 15.4. The smallest absolute Gasteiger partial charge is 0.339 e. The summed E-state index contributed by atoms with van der Waals surface area (Å²) in [5.74, 6) is 0.410. The first kappa shape index (κ1) is 11.3. The fraction of sp³-hybridized carbons (Fsp3) is 0.143. The molecule has 2 aromatic rings. The molecule has 0 atom stereocenters. The highest BCUT2D eigenvalue weighted by Crippen LogP contribution is 2.41. The second-order valence-electron chi connectivity index (χ2n) is 4.54. The summed E-state index contributed by atoms with van der Waals surface area (Å²) in [4.78, 5) is 0.240. The summed E-state index contributed by atoms with van der Waals surface area (Å²) in [7, 11) is -3.69. The largest absolute Gasteiger partial charge is 0.378 e. The first-order valence-corrected chi connectivity index (χ1v) is 7.04. The zero-order valence-corrected chi connectivity index (χ0v) is 10.9. The van der Waals surface area contributed by atoms with Gasteiger partial charge in [-0.25, -0.2) is 0 Å². The Bertz CT molecular complexity index is 746. The third kappa shape index (κ3) is 1.61. The molecule has 0 aliphatic carbocycles.